The van der Waals surface area contributed by atoms with Gasteiger partial charge in [-0.1, -0.05) is 29.8 Å². The van der Waals surface area contributed by atoms with Crippen molar-refractivity contribution in [3.05, 3.63) is 58.6 Å². The van der Waals surface area contributed by atoms with Crippen LogP contribution in [0, 0.1) is 0 Å². The highest BCUT2D eigenvalue weighted by Gasteiger charge is 2.36. The molecule has 4 rings (SSSR count). The van der Waals surface area contributed by atoms with Crippen LogP contribution in [0.1, 0.15) is 37.4 Å². The summed E-state index contributed by atoms with van der Waals surface area (Å²) in [6.45, 7) is 5.76. The van der Waals surface area contributed by atoms with Crippen LogP contribution in [0.5, 0.6) is 11.5 Å². The number of hydrogen-bond acceptors (Lipinski definition) is 6. The lowest BCUT2D eigenvalue weighted by Crippen LogP contribution is -2.49. The second kappa shape index (κ2) is 10.1. The first-order valence-corrected chi connectivity index (χ1v) is 11.5. The summed E-state index contributed by atoms with van der Waals surface area (Å²) in [7, 11) is 3.23. The van der Waals surface area contributed by atoms with Gasteiger partial charge in [0.15, 0.2) is 0 Å². The number of carbonyl (C=O) groups excluding carboxylic acids is 1. The Morgan fingerprint density at radius 3 is 2.52 bits per heavy atom. The number of hydrogen-bond donors (Lipinski definition) is 0. The molecule has 0 aromatic heterocycles. The molecule has 8 heteroatoms. The SMILES string of the molecule is COc1ccc(C2=NN(C(=O)CN3CC(C)OC(C)C3)C(c3ccccc3Cl)C2)c(OC)c1. The smallest absolute Gasteiger partial charge is 0.257 e. The van der Waals surface area contributed by atoms with E-state index in [-0.39, 0.29) is 30.7 Å². The van der Waals surface area contributed by atoms with E-state index < -0.39 is 0 Å². The van der Waals surface area contributed by atoms with Crippen LogP contribution in [-0.2, 0) is 9.53 Å². The minimum atomic E-state index is -0.288. The molecular formula is C25H30ClN3O4. The molecule has 1 saturated heterocycles. The van der Waals surface area contributed by atoms with Gasteiger partial charge in [0.1, 0.15) is 11.5 Å². The Hall–Kier alpha value is -2.61. The Bertz CT molecular complexity index is 1030. The molecule has 3 unspecified atom stereocenters. The first-order valence-electron chi connectivity index (χ1n) is 11.1. The van der Waals surface area contributed by atoms with E-state index in [0.717, 1.165) is 16.8 Å². The normalized spacial score (nSPS) is 23.4. The molecule has 2 aromatic rings. The van der Waals surface area contributed by atoms with E-state index in [1.165, 1.54) is 0 Å². The highest BCUT2D eigenvalue weighted by atomic mass is 35.5. The summed E-state index contributed by atoms with van der Waals surface area (Å²) in [6, 6.07) is 12.9. The molecule has 0 N–H and O–H groups in total. The van der Waals surface area contributed by atoms with Gasteiger partial charge in [-0.05, 0) is 37.6 Å². The van der Waals surface area contributed by atoms with Gasteiger partial charge in [-0.3, -0.25) is 9.69 Å². The van der Waals surface area contributed by atoms with Crippen LogP contribution in [0.4, 0.5) is 0 Å². The van der Waals surface area contributed by atoms with E-state index in [1.54, 1.807) is 19.2 Å². The maximum Gasteiger partial charge on any atom is 0.257 e. The van der Waals surface area contributed by atoms with Gasteiger partial charge in [-0.2, -0.15) is 5.10 Å². The van der Waals surface area contributed by atoms with Gasteiger partial charge in [0.05, 0.1) is 44.7 Å². The van der Waals surface area contributed by atoms with E-state index >= 15 is 0 Å². The fraction of sp³-hybridized carbons (Fsp3) is 0.440. The molecule has 176 valence electrons. The maximum atomic E-state index is 13.5. The van der Waals surface area contributed by atoms with Crippen LogP contribution in [0.25, 0.3) is 0 Å². The van der Waals surface area contributed by atoms with E-state index in [0.29, 0.717) is 36.0 Å². The van der Waals surface area contributed by atoms with E-state index in [2.05, 4.69) is 4.90 Å². The Labute approximate surface area is 199 Å². The molecule has 7 nitrogen and oxygen atoms in total. The highest BCUT2D eigenvalue weighted by molar-refractivity contribution is 6.31. The van der Waals surface area contributed by atoms with Crippen molar-refractivity contribution in [1.29, 1.82) is 0 Å². The number of rotatable bonds is 6. The number of morpholine rings is 1. The maximum absolute atomic E-state index is 13.5. The lowest BCUT2D eigenvalue weighted by Gasteiger charge is -2.35. The summed E-state index contributed by atoms with van der Waals surface area (Å²) < 4.78 is 16.7. The number of hydrazone groups is 1. The predicted molar refractivity (Wildman–Crippen MR) is 128 cm³/mol. The molecule has 2 aromatic carbocycles. The fourth-order valence-electron chi connectivity index (χ4n) is 4.60. The van der Waals surface area contributed by atoms with Crippen LogP contribution in [0.2, 0.25) is 5.02 Å². The summed E-state index contributed by atoms with van der Waals surface area (Å²) in [5.74, 6) is 1.28. The van der Waals surface area contributed by atoms with Crippen molar-refractivity contribution in [3.8, 4) is 11.5 Å². The standard InChI is InChI=1S/C25H30ClN3O4/c1-16-13-28(14-17(2)33-16)15-25(30)29-23(19-7-5-6-8-21(19)26)12-22(27-29)20-10-9-18(31-3)11-24(20)32-4/h5-11,16-17,23H,12-15H2,1-4H3. The van der Waals surface area contributed by atoms with Crippen molar-refractivity contribution >= 4 is 23.2 Å². The second-order valence-corrected chi connectivity index (χ2v) is 8.95. The van der Waals surface area contributed by atoms with Crippen LogP contribution in [-0.4, -0.2) is 67.6 Å². The monoisotopic (exact) mass is 471 g/mol. The zero-order chi connectivity index (χ0) is 23.5. The second-order valence-electron chi connectivity index (χ2n) is 8.54. The first-order chi connectivity index (χ1) is 15.9. The molecule has 0 bridgehead atoms. The third kappa shape index (κ3) is 5.16. The van der Waals surface area contributed by atoms with Crippen LogP contribution in [0.15, 0.2) is 47.6 Å². The summed E-state index contributed by atoms with van der Waals surface area (Å²) in [5.41, 5.74) is 2.48. The molecule has 0 saturated carbocycles. The number of halogens is 1. The average Bonchev–Trinajstić information content (AvgIpc) is 3.23. The van der Waals surface area contributed by atoms with Gasteiger partial charge >= 0.3 is 0 Å². The largest absolute Gasteiger partial charge is 0.497 e. The van der Waals surface area contributed by atoms with Crippen molar-refractivity contribution in [2.75, 3.05) is 33.9 Å². The summed E-state index contributed by atoms with van der Waals surface area (Å²) in [6.07, 6.45) is 0.706. The minimum absolute atomic E-state index is 0.0660. The topological polar surface area (TPSA) is 63.6 Å². The lowest BCUT2D eigenvalue weighted by atomic mass is 9.97. The molecule has 2 aliphatic heterocycles. The molecule has 0 radical (unpaired) electrons. The molecule has 2 heterocycles. The summed E-state index contributed by atoms with van der Waals surface area (Å²) >= 11 is 6.54. The van der Waals surface area contributed by atoms with Gasteiger partial charge in [0.25, 0.3) is 5.91 Å². The lowest BCUT2D eigenvalue weighted by molar-refractivity contribution is -0.137. The molecule has 33 heavy (non-hydrogen) atoms. The molecule has 0 aliphatic carbocycles. The molecule has 3 atom stereocenters. The summed E-state index contributed by atoms with van der Waals surface area (Å²) in [5, 5.41) is 6.99. The zero-order valence-corrected chi connectivity index (χ0v) is 20.2. The Kier molecular flexibility index (Phi) is 7.22. The Balaban J connectivity index is 1.65. The third-order valence-electron chi connectivity index (χ3n) is 6.00. The number of methoxy groups -OCH3 is 2. The highest BCUT2D eigenvalue weighted by Crippen LogP contribution is 2.38. The molecular weight excluding hydrogens is 442 g/mol. The van der Waals surface area contributed by atoms with Crippen molar-refractivity contribution < 1.29 is 19.0 Å². The number of benzene rings is 2. The molecule has 0 spiro atoms. The predicted octanol–water partition coefficient (Wildman–Crippen LogP) is 4.14. The molecule has 2 aliphatic rings. The van der Waals surface area contributed by atoms with Crippen LogP contribution >= 0.6 is 11.6 Å². The van der Waals surface area contributed by atoms with Crippen LogP contribution < -0.4 is 9.47 Å². The van der Waals surface area contributed by atoms with E-state index in [4.69, 9.17) is 30.9 Å². The van der Waals surface area contributed by atoms with Crippen molar-refractivity contribution in [1.82, 2.24) is 9.91 Å². The average molecular weight is 472 g/mol. The summed E-state index contributed by atoms with van der Waals surface area (Å²) in [4.78, 5) is 15.6. The number of carbonyl (C=O) groups is 1. The van der Waals surface area contributed by atoms with E-state index in [1.807, 2.05) is 56.3 Å². The number of amides is 1. The Morgan fingerprint density at radius 1 is 1.12 bits per heavy atom. The van der Waals surface area contributed by atoms with Crippen LogP contribution in [0.3, 0.4) is 0 Å². The van der Waals surface area contributed by atoms with Gasteiger partial charge in [-0.25, -0.2) is 5.01 Å². The minimum Gasteiger partial charge on any atom is -0.497 e. The third-order valence-corrected chi connectivity index (χ3v) is 6.35. The molecule has 1 fully saturated rings. The van der Waals surface area contributed by atoms with Crippen molar-refractivity contribution in [2.24, 2.45) is 5.10 Å². The fourth-order valence-corrected chi connectivity index (χ4v) is 4.87. The molecule has 1 amide bonds. The van der Waals surface area contributed by atoms with Crippen molar-refractivity contribution in [2.45, 2.75) is 38.5 Å². The van der Waals surface area contributed by atoms with E-state index in [9.17, 15) is 4.79 Å². The number of nitrogens with zero attached hydrogens (tertiary/aromatic N) is 3. The van der Waals surface area contributed by atoms with Gasteiger partial charge in [-0.15, -0.1) is 0 Å². The first kappa shape index (κ1) is 23.5. The number of ether oxygens (including phenoxy) is 3. The van der Waals surface area contributed by atoms with Crippen molar-refractivity contribution in [3.63, 3.8) is 0 Å². The zero-order valence-electron chi connectivity index (χ0n) is 19.5. The van der Waals surface area contributed by atoms with Gasteiger partial charge < -0.3 is 14.2 Å². The van der Waals surface area contributed by atoms with Gasteiger partial charge in [0.2, 0.25) is 0 Å². The van der Waals surface area contributed by atoms with Gasteiger partial charge in [0, 0.05) is 36.2 Å². The Morgan fingerprint density at radius 2 is 1.85 bits per heavy atom. The quantitative estimate of drug-likeness (QED) is 0.633.